The van der Waals surface area contributed by atoms with Crippen molar-refractivity contribution < 1.29 is 22.7 Å². The molecule has 0 heterocycles. The number of esters is 1. The van der Waals surface area contributed by atoms with Crippen molar-refractivity contribution >= 4 is 5.97 Å². The highest BCUT2D eigenvalue weighted by molar-refractivity contribution is 5.77. The molecule has 1 fully saturated rings. The van der Waals surface area contributed by atoms with Gasteiger partial charge in [0.05, 0.1) is 11.8 Å². The minimum atomic E-state index is -4.42. The number of carbonyl (C=O) groups is 1. The lowest BCUT2D eigenvalue weighted by molar-refractivity contribution is -0.198. The average Bonchev–Trinajstić information content (AvgIpc) is 2.83. The second kappa shape index (κ2) is 5.85. The van der Waals surface area contributed by atoms with Crippen LogP contribution in [0.3, 0.4) is 0 Å². The van der Waals surface area contributed by atoms with Gasteiger partial charge in [-0.15, -0.1) is 0 Å². The smallest absolute Gasteiger partial charge is 0.392 e. The van der Waals surface area contributed by atoms with Crippen LogP contribution in [0.25, 0.3) is 0 Å². The summed E-state index contributed by atoms with van der Waals surface area (Å²) in [6, 6.07) is 8.11. The lowest BCUT2D eigenvalue weighted by Crippen LogP contribution is -2.36. The maximum Gasteiger partial charge on any atom is 0.392 e. The van der Waals surface area contributed by atoms with Crippen LogP contribution in [0.4, 0.5) is 13.2 Å². The fourth-order valence-electron chi connectivity index (χ4n) is 2.59. The van der Waals surface area contributed by atoms with Crippen LogP contribution in [0.5, 0.6) is 5.75 Å². The highest BCUT2D eigenvalue weighted by Crippen LogP contribution is 2.47. The van der Waals surface area contributed by atoms with Crippen LogP contribution in [0, 0.1) is 31.1 Å². The van der Waals surface area contributed by atoms with Crippen LogP contribution in [0.2, 0.25) is 0 Å². The van der Waals surface area contributed by atoms with Gasteiger partial charge in [0.15, 0.2) is 0 Å². The van der Waals surface area contributed by atoms with E-state index >= 15 is 0 Å². The number of halogens is 3. The van der Waals surface area contributed by atoms with E-state index in [-0.39, 0.29) is 18.6 Å². The molecular weight excluding hydrogens is 269 g/mol. The summed E-state index contributed by atoms with van der Waals surface area (Å²) in [5, 5.41) is 0. The molecule has 20 heavy (non-hydrogen) atoms. The van der Waals surface area contributed by atoms with Gasteiger partial charge in [0.2, 0.25) is 0 Å². The summed E-state index contributed by atoms with van der Waals surface area (Å²) in [6.07, 6.45) is -2.63. The second-order valence-electron chi connectivity index (χ2n) is 4.85. The van der Waals surface area contributed by atoms with Crippen molar-refractivity contribution in [2.45, 2.75) is 19.0 Å². The van der Waals surface area contributed by atoms with Gasteiger partial charge in [-0.3, -0.25) is 4.79 Å². The first-order valence-corrected chi connectivity index (χ1v) is 6.39. The molecule has 3 unspecified atom stereocenters. The molecule has 1 aromatic rings. The zero-order chi connectivity index (χ0) is 14.8. The predicted octanol–water partition coefficient (Wildman–Crippen LogP) is 3.84. The average molecular weight is 284 g/mol. The lowest BCUT2D eigenvalue weighted by Gasteiger charge is -2.25. The van der Waals surface area contributed by atoms with Crippen LogP contribution in [-0.4, -0.2) is 12.1 Å². The molecule has 0 amide bonds. The molecule has 0 saturated heterocycles. The van der Waals surface area contributed by atoms with Gasteiger partial charge >= 0.3 is 12.1 Å². The van der Waals surface area contributed by atoms with Gasteiger partial charge in [-0.2, -0.15) is 13.2 Å². The van der Waals surface area contributed by atoms with Gasteiger partial charge in [0.1, 0.15) is 5.75 Å². The van der Waals surface area contributed by atoms with Crippen molar-refractivity contribution in [3.63, 3.8) is 0 Å². The standard InChI is InChI=1S/C15H15F3O2/c1-2-10-8-9-12(13(10)15(16,17)18)14(19)20-11-6-4-3-5-7-11/h3-7,9-10,12-13H,1-2,8H2. The van der Waals surface area contributed by atoms with E-state index in [4.69, 9.17) is 4.74 Å². The molecule has 1 aliphatic rings. The number of hydrogen-bond acceptors (Lipinski definition) is 2. The first-order valence-electron chi connectivity index (χ1n) is 6.39. The monoisotopic (exact) mass is 284 g/mol. The van der Waals surface area contributed by atoms with Gasteiger partial charge in [-0.05, 0) is 37.3 Å². The summed E-state index contributed by atoms with van der Waals surface area (Å²) in [5.74, 6) is -4.19. The quantitative estimate of drug-likeness (QED) is 0.623. The van der Waals surface area contributed by atoms with Crippen LogP contribution in [-0.2, 0) is 4.79 Å². The number of ether oxygens (including phenoxy) is 1. The van der Waals surface area contributed by atoms with E-state index in [9.17, 15) is 18.0 Å². The topological polar surface area (TPSA) is 26.3 Å². The first kappa shape index (κ1) is 14.9. The van der Waals surface area contributed by atoms with Crippen molar-refractivity contribution in [2.24, 2.45) is 17.8 Å². The van der Waals surface area contributed by atoms with E-state index < -0.39 is 29.9 Å². The summed E-state index contributed by atoms with van der Waals surface area (Å²) in [4.78, 5) is 12.0. The highest BCUT2D eigenvalue weighted by Gasteiger charge is 2.54. The van der Waals surface area contributed by atoms with Crippen LogP contribution >= 0.6 is 0 Å². The summed E-state index contributed by atoms with van der Waals surface area (Å²) in [5.41, 5.74) is 0. The molecule has 1 aliphatic carbocycles. The molecule has 3 atom stereocenters. The Morgan fingerprint density at radius 2 is 1.95 bits per heavy atom. The first-order chi connectivity index (χ1) is 9.43. The molecule has 2 radical (unpaired) electrons. The fourth-order valence-corrected chi connectivity index (χ4v) is 2.59. The van der Waals surface area contributed by atoms with E-state index in [1.165, 1.54) is 18.6 Å². The zero-order valence-electron chi connectivity index (χ0n) is 10.8. The Balaban J connectivity index is 2.12. The summed E-state index contributed by atoms with van der Waals surface area (Å²) < 4.78 is 44.3. The Morgan fingerprint density at radius 1 is 1.30 bits per heavy atom. The molecule has 0 aromatic heterocycles. The van der Waals surface area contributed by atoms with Crippen LogP contribution in [0.1, 0.15) is 12.8 Å². The Hall–Kier alpha value is -1.52. The molecule has 1 aromatic carbocycles. The second-order valence-corrected chi connectivity index (χ2v) is 4.85. The largest absolute Gasteiger partial charge is 0.426 e. The van der Waals surface area contributed by atoms with E-state index in [0.29, 0.717) is 0 Å². The Kier molecular flexibility index (Phi) is 4.35. The number of alkyl halides is 3. The third-order valence-corrected chi connectivity index (χ3v) is 3.57. The third-order valence-electron chi connectivity index (χ3n) is 3.57. The van der Waals surface area contributed by atoms with Crippen molar-refractivity contribution in [3.05, 3.63) is 43.7 Å². The van der Waals surface area contributed by atoms with Gasteiger partial charge in [-0.1, -0.05) is 25.1 Å². The molecule has 5 heteroatoms. The fraction of sp³-hybridized carbons (Fsp3) is 0.400. The third kappa shape index (κ3) is 3.14. The minimum absolute atomic E-state index is 0.149. The van der Waals surface area contributed by atoms with Gasteiger partial charge in [0, 0.05) is 0 Å². The summed E-state index contributed by atoms with van der Waals surface area (Å²) >= 11 is 0. The molecule has 1 saturated carbocycles. The van der Waals surface area contributed by atoms with Crippen molar-refractivity contribution in [2.75, 3.05) is 0 Å². The summed E-state index contributed by atoms with van der Waals surface area (Å²) in [6.45, 7) is 3.54. The van der Waals surface area contributed by atoms with E-state index in [2.05, 4.69) is 6.92 Å². The predicted molar refractivity (Wildman–Crippen MR) is 67.5 cm³/mol. The molecule has 0 spiro atoms. The number of hydrogen-bond donors (Lipinski definition) is 0. The van der Waals surface area contributed by atoms with Crippen LogP contribution in [0.15, 0.2) is 30.3 Å². The van der Waals surface area contributed by atoms with E-state index in [0.717, 1.165) is 0 Å². The van der Waals surface area contributed by atoms with Gasteiger partial charge in [0.25, 0.3) is 0 Å². The van der Waals surface area contributed by atoms with Crippen LogP contribution < -0.4 is 4.74 Å². The van der Waals surface area contributed by atoms with Crippen molar-refractivity contribution in [1.29, 1.82) is 0 Å². The molecule has 2 rings (SSSR count). The molecule has 0 N–H and O–H groups in total. The maximum atomic E-state index is 13.1. The number of carbonyl (C=O) groups excluding carboxylic acids is 1. The molecule has 0 bridgehead atoms. The Labute approximate surface area is 115 Å². The Bertz CT molecular complexity index is 456. The molecular formula is C15H15F3O2. The lowest BCUT2D eigenvalue weighted by atomic mass is 9.87. The normalized spacial score (nSPS) is 26.5. The Morgan fingerprint density at radius 3 is 2.50 bits per heavy atom. The number of benzene rings is 1. The van der Waals surface area contributed by atoms with Gasteiger partial charge < -0.3 is 4.74 Å². The minimum Gasteiger partial charge on any atom is -0.426 e. The zero-order valence-corrected chi connectivity index (χ0v) is 10.8. The molecule has 2 nitrogen and oxygen atoms in total. The SMILES string of the molecule is [CH2]CC1C[CH]C(C(=O)Oc2ccccc2)C1C(F)(F)F. The van der Waals surface area contributed by atoms with E-state index in [1.807, 2.05) is 0 Å². The number of para-hydroxylation sites is 1. The highest BCUT2D eigenvalue weighted by atomic mass is 19.4. The summed E-state index contributed by atoms with van der Waals surface area (Å²) in [7, 11) is 0. The van der Waals surface area contributed by atoms with Crippen molar-refractivity contribution in [3.8, 4) is 5.75 Å². The van der Waals surface area contributed by atoms with Gasteiger partial charge in [-0.25, -0.2) is 0 Å². The molecule has 0 aliphatic heterocycles. The molecule has 108 valence electrons. The van der Waals surface area contributed by atoms with E-state index in [1.54, 1.807) is 18.2 Å². The number of rotatable bonds is 3. The van der Waals surface area contributed by atoms with Crippen molar-refractivity contribution in [1.82, 2.24) is 0 Å². The maximum absolute atomic E-state index is 13.1.